The second kappa shape index (κ2) is 54.7. The van der Waals surface area contributed by atoms with Crippen molar-refractivity contribution in [2.75, 3.05) is 13.1 Å². The molecule has 0 aliphatic carbocycles. The van der Waals surface area contributed by atoms with Gasteiger partial charge in [0.05, 0.1) is 0 Å². The van der Waals surface area contributed by atoms with E-state index in [2.05, 4.69) is 39.5 Å². The topological polar surface area (TPSA) is 140 Å². The van der Waals surface area contributed by atoms with Gasteiger partial charge in [-0.05, 0) is 13.1 Å². The van der Waals surface area contributed by atoms with Crippen molar-refractivity contribution >= 4 is 32.3 Å². The molecule has 8 nitrogen and oxygen atoms in total. The third-order valence-corrected chi connectivity index (χ3v) is 0.494. The molecule has 0 saturated heterocycles. The van der Waals surface area contributed by atoms with Crippen LogP contribution in [0.2, 0.25) is 0 Å². The summed E-state index contributed by atoms with van der Waals surface area (Å²) in [5.74, 6) is -2.23. The van der Waals surface area contributed by atoms with Gasteiger partial charge in [-0.2, -0.15) is 0 Å². The Hall–Kier alpha value is -1.44. The van der Waals surface area contributed by atoms with Gasteiger partial charge in [0.15, 0.2) is 0 Å². The largest absolute Gasteiger partial charge is 4.00 e. The van der Waals surface area contributed by atoms with Crippen LogP contribution in [-0.2, 0) is 44.1 Å². The summed E-state index contributed by atoms with van der Waals surface area (Å²) in [6.07, 6.45) is 1.25. The average molecular weight is 361 g/mol. The molecule has 1 radical (unpaired) electrons. The first-order valence-electron chi connectivity index (χ1n) is 4.32. The summed E-state index contributed by atoms with van der Waals surface area (Å²) in [6.45, 7) is 13.1. The Balaban J connectivity index is -0.0000000358. The van der Waals surface area contributed by atoms with Crippen LogP contribution in [0.15, 0.2) is 0 Å². The molecule has 0 heterocycles. The van der Waals surface area contributed by atoms with Crippen LogP contribution in [-0.4, -0.2) is 55.6 Å². The average Bonchev–Trinajstić information content (AvgIpc) is 2.37. The number of carbonyl (C=O) groups excluding carboxylic acids is 3. The first kappa shape index (κ1) is 36.0. The molecule has 0 aromatic heterocycles. The molecule has 0 rings (SSSR count). The fraction of sp³-hybridized carbons (Fsp3) is 0.500. The fourth-order valence-corrected chi connectivity index (χ4v) is 0.247. The number of rotatable bonds is 4. The summed E-state index contributed by atoms with van der Waals surface area (Å²) in [5.41, 5.74) is 0. The third-order valence-electron chi connectivity index (χ3n) is 0.494. The summed E-state index contributed by atoms with van der Waals surface area (Å²) >= 11 is 0. The van der Waals surface area contributed by atoms with Gasteiger partial charge in [0.25, 0.3) is 11.9 Å². The van der Waals surface area contributed by atoms with Gasteiger partial charge in [-0.25, -0.2) is 0 Å². The molecule has 0 atom stereocenters. The van der Waals surface area contributed by atoms with Crippen molar-refractivity contribution in [3.8, 4) is 0 Å². The van der Waals surface area contributed by atoms with Crippen molar-refractivity contribution in [2.24, 2.45) is 0 Å². The van der Waals surface area contributed by atoms with Gasteiger partial charge in [0, 0.05) is 0 Å². The van der Waals surface area contributed by atoms with Gasteiger partial charge in [-0.1, -0.05) is 20.3 Å². The van der Waals surface area contributed by atoms with Crippen LogP contribution in [0.5, 0.6) is 0 Å². The van der Waals surface area contributed by atoms with E-state index in [1.165, 1.54) is 6.42 Å². The van der Waals surface area contributed by atoms with Crippen LogP contribution in [0.3, 0.4) is 0 Å². The summed E-state index contributed by atoms with van der Waals surface area (Å²) in [7, 11) is 0. The Morgan fingerprint density at radius 3 is 1.11 bits per heavy atom. The predicted molar refractivity (Wildman–Crippen MR) is 64.6 cm³/mol. The minimum absolute atomic E-state index is 0. The van der Waals surface area contributed by atoms with Crippen LogP contribution >= 0.6 is 0 Å². The summed E-state index contributed by atoms with van der Waals surface area (Å²) in [5, 5.41) is 19.1. The van der Waals surface area contributed by atoms with Gasteiger partial charge in [0.1, 0.15) is 0 Å². The molecule has 0 bridgehead atoms. The molecular formula is C10H17NO7Tc. The molecule has 0 aromatic rings. The summed E-state index contributed by atoms with van der Waals surface area (Å²) < 4.78 is 0. The first-order chi connectivity index (χ1) is 8.54. The van der Waals surface area contributed by atoms with Crippen molar-refractivity contribution in [3.05, 3.63) is 5.32 Å². The van der Waals surface area contributed by atoms with Gasteiger partial charge in [-0.3, -0.25) is 30.0 Å². The van der Waals surface area contributed by atoms with E-state index in [0.717, 1.165) is 0 Å². The fourth-order valence-electron chi connectivity index (χ4n) is 0.247. The smallest absolute Gasteiger partial charge is 0.644 e. The molecule has 2 N–H and O–H groups in total. The number of carbonyl (C=O) groups is 2. The number of hydrogen-bond donors (Lipinski definition) is 2. The molecule has 0 unspecified atom stereocenters. The molecule has 9 heteroatoms. The zero-order valence-corrected chi connectivity index (χ0v) is 12.5. The molecule has 0 saturated carbocycles. The van der Waals surface area contributed by atoms with Gasteiger partial charge >= 0.3 is 20.1 Å². The summed E-state index contributed by atoms with van der Waals surface area (Å²) in [4.78, 5) is 42.6. The van der Waals surface area contributed by atoms with E-state index in [-0.39, 0.29) is 20.1 Å². The van der Waals surface area contributed by atoms with Crippen molar-refractivity contribution in [3.63, 3.8) is 0 Å². The molecule has 0 amide bonds. The molecule has 19 heavy (non-hydrogen) atoms. The predicted octanol–water partition coefficient (Wildman–Crippen LogP) is 0.121. The van der Waals surface area contributed by atoms with Gasteiger partial charge in [-0.15, -0.1) is 0 Å². The Morgan fingerprint density at radius 1 is 0.842 bits per heavy atom. The molecular weight excluding hydrogens is 344 g/mol. The van der Waals surface area contributed by atoms with Crippen LogP contribution in [0, 0.1) is 0 Å². The Bertz CT molecular complexity index is 163. The van der Waals surface area contributed by atoms with Gasteiger partial charge in [0.2, 0.25) is 0 Å². The monoisotopic (exact) mass is 360 g/mol. The molecule has 0 fully saturated rings. The van der Waals surface area contributed by atoms with E-state index in [4.69, 9.17) is 24.6 Å². The number of aliphatic carboxylic acids is 2. The van der Waals surface area contributed by atoms with E-state index in [1.54, 1.807) is 0 Å². The number of hydrogen-bond acceptors (Lipinski definition) is 5. The minimum Gasteiger partial charge on any atom is -0.644 e. The van der Waals surface area contributed by atoms with Crippen LogP contribution in [0.4, 0.5) is 0 Å². The van der Waals surface area contributed by atoms with Crippen LogP contribution in [0.25, 0.3) is 5.32 Å². The zero-order valence-electron chi connectivity index (χ0n) is 10.6. The van der Waals surface area contributed by atoms with Crippen LogP contribution in [0.1, 0.15) is 20.3 Å². The molecule has 0 aliphatic heterocycles. The van der Waals surface area contributed by atoms with Gasteiger partial charge < -0.3 is 29.9 Å². The third kappa shape index (κ3) is 169. The minimum atomic E-state index is -1.11. The van der Waals surface area contributed by atoms with Crippen molar-refractivity contribution in [1.82, 2.24) is 0 Å². The Kier molecular flexibility index (Phi) is 104. The van der Waals surface area contributed by atoms with E-state index < -0.39 is 25.0 Å². The normalized spacial score (nSPS) is 5.79. The SMILES string of the molecule is CCC.O=C(O)C[N-]CC(=O)O.[CH-]=O.[CH-]=O.[CH-]=O.[Tc+4]. The molecule has 0 aliphatic rings. The maximum Gasteiger partial charge on any atom is 4.00 e. The van der Waals surface area contributed by atoms with E-state index in [1.807, 2.05) is 0 Å². The Labute approximate surface area is 125 Å². The van der Waals surface area contributed by atoms with E-state index in [0.29, 0.717) is 0 Å². The molecule has 111 valence electrons. The standard InChI is InChI=1S/C4H6NO4.C3H8.3CHO.Tc/c6-3(7)1-5-2-4(8)9;1-3-2;3*1-2;/h1-2H2,(H,6,7)(H,8,9);3H2,1-2H3;3*1H;/q-1;;3*-1;+4. The number of carboxylic acids is 2. The summed E-state index contributed by atoms with van der Waals surface area (Å²) in [6, 6.07) is 0. The first-order valence-corrected chi connectivity index (χ1v) is 4.32. The second-order valence-corrected chi connectivity index (χ2v) is 2.03. The number of carboxylic acid groups (broad SMARTS) is 2. The quantitative estimate of drug-likeness (QED) is 0.535. The van der Waals surface area contributed by atoms with Crippen molar-refractivity contribution in [1.29, 1.82) is 0 Å². The van der Waals surface area contributed by atoms with Crippen molar-refractivity contribution < 1.29 is 54.3 Å². The zero-order chi connectivity index (χ0) is 16.0. The van der Waals surface area contributed by atoms with E-state index >= 15 is 0 Å². The molecule has 0 aromatic carbocycles. The van der Waals surface area contributed by atoms with E-state index in [9.17, 15) is 9.59 Å². The van der Waals surface area contributed by atoms with Crippen LogP contribution < -0.4 is 0 Å². The Morgan fingerprint density at radius 2 is 1.00 bits per heavy atom. The van der Waals surface area contributed by atoms with Crippen molar-refractivity contribution in [2.45, 2.75) is 20.3 Å². The maximum atomic E-state index is 9.69. The second-order valence-electron chi connectivity index (χ2n) is 2.03. The number of nitrogens with zero attached hydrogens (tertiary/aromatic N) is 1. The molecule has 0 spiro atoms. The maximum absolute atomic E-state index is 9.69.